The fourth-order valence-corrected chi connectivity index (χ4v) is 3.74. The minimum Gasteiger partial charge on any atom is -0.370 e. The zero-order valence-corrected chi connectivity index (χ0v) is 12.7. The SMILES string of the molecule is Cc1cccc(NC(N)=NCC2(CS(C)(=O)=O)CC2)c1. The molecule has 0 saturated heterocycles. The van der Waals surface area contributed by atoms with Gasteiger partial charge in [-0.2, -0.15) is 0 Å². The van der Waals surface area contributed by atoms with Crippen molar-refractivity contribution in [2.75, 3.05) is 23.9 Å². The number of benzene rings is 1. The second-order valence-electron chi connectivity index (χ2n) is 5.77. The number of aryl methyl sites for hydroxylation is 1. The summed E-state index contributed by atoms with van der Waals surface area (Å²) in [5.74, 6) is 0.525. The van der Waals surface area contributed by atoms with Crippen molar-refractivity contribution >= 4 is 21.5 Å². The van der Waals surface area contributed by atoms with Crippen molar-refractivity contribution in [3.05, 3.63) is 29.8 Å². The molecule has 0 aliphatic heterocycles. The highest BCUT2D eigenvalue weighted by atomic mass is 32.2. The van der Waals surface area contributed by atoms with Gasteiger partial charge in [-0.3, -0.25) is 4.99 Å². The summed E-state index contributed by atoms with van der Waals surface area (Å²) in [5.41, 5.74) is 7.68. The molecule has 1 aromatic rings. The number of anilines is 1. The van der Waals surface area contributed by atoms with Gasteiger partial charge in [-0.1, -0.05) is 12.1 Å². The predicted molar refractivity (Wildman–Crippen MR) is 82.7 cm³/mol. The van der Waals surface area contributed by atoms with E-state index >= 15 is 0 Å². The number of hydrogen-bond acceptors (Lipinski definition) is 3. The first kappa shape index (κ1) is 14.8. The van der Waals surface area contributed by atoms with Gasteiger partial charge < -0.3 is 11.1 Å². The number of hydrogen-bond donors (Lipinski definition) is 2. The molecule has 0 bridgehead atoms. The van der Waals surface area contributed by atoms with E-state index in [1.165, 1.54) is 6.26 Å². The van der Waals surface area contributed by atoms with Gasteiger partial charge in [0.2, 0.25) is 0 Å². The van der Waals surface area contributed by atoms with Crippen LogP contribution in [0.4, 0.5) is 5.69 Å². The second kappa shape index (κ2) is 5.44. The van der Waals surface area contributed by atoms with Crippen LogP contribution in [0.1, 0.15) is 18.4 Å². The Balaban J connectivity index is 1.95. The van der Waals surface area contributed by atoms with Gasteiger partial charge in [0.05, 0.1) is 5.75 Å². The molecule has 6 heteroatoms. The number of guanidine groups is 1. The zero-order valence-electron chi connectivity index (χ0n) is 11.9. The van der Waals surface area contributed by atoms with Crippen molar-refractivity contribution in [2.45, 2.75) is 19.8 Å². The van der Waals surface area contributed by atoms with E-state index in [1.807, 2.05) is 31.2 Å². The minimum absolute atomic E-state index is 0.188. The van der Waals surface area contributed by atoms with Gasteiger partial charge in [-0.25, -0.2) is 8.42 Å². The van der Waals surface area contributed by atoms with Crippen molar-refractivity contribution in [2.24, 2.45) is 16.1 Å². The highest BCUT2D eigenvalue weighted by Crippen LogP contribution is 2.46. The molecule has 0 radical (unpaired) electrons. The van der Waals surface area contributed by atoms with Crippen molar-refractivity contribution in [1.82, 2.24) is 0 Å². The molecule has 0 atom stereocenters. The Kier molecular flexibility index (Phi) is 4.04. The third-order valence-electron chi connectivity index (χ3n) is 3.40. The Morgan fingerprint density at radius 1 is 1.45 bits per heavy atom. The fraction of sp³-hybridized carbons (Fsp3) is 0.500. The molecule has 1 saturated carbocycles. The van der Waals surface area contributed by atoms with Crippen LogP contribution in [-0.2, 0) is 9.84 Å². The Morgan fingerprint density at radius 2 is 2.15 bits per heavy atom. The molecule has 0 heterocycles. The number of rotatable bonds is 5. The van der Waals surface area contributed by atoms with Crippen LogP contribution in [0.5, 0.6) is 0 Å². The van der Waals surface area contributed by atoms with Crippen LogP contribution in [0.3, 0.4) is 0 Å². The smallest absolute Gasteiger partial charge is 0.193 e. The molecule has 1 aromatic carbocycles. The largest absolute Gasteiger partial charge is 0.370 e. The zero-order chi connectivity index (χ0) is 14.8. The van der Waals surface area contributed by atoms with E-state index in [1.54, 1.807) is 0 Å². The van der Waals surface area contributed by atoms with Gasteiger partial charge in [-0.05, 0) is 37.5 Å². The van der Waals surface area contributed by atoms with Crippen molar-refractivity contribution in [3.63, 3.8) is 0 Å². The molecular weight excluding hydrogens is 274 g/mol. The standard InChI is InChI=1S/C14H21N3O2S/c1-11-4-3-5-12(8-11)17-13(15)16-9-14(6-7-14)10-20(2,18)19/h3-5,8H,6-7,9-10H2,1-2H3,(H3,15,16,17). The molecule has 1 aliphatic rings. The summed E-state index contributed by atoms with van der Waals surface area (Å²) >= 11 is 0. The lowest BCUT2D eigenvalue weighted by molar-refractivity contribution is 0.552. The number of nitrogens with two attached hydrogens (primary N) is 1. The van der Waals surface area contributed by atoms with Crippen LogP contribution in [0.15, 0.2) is 29.3 Å². The summed E-state index contributed by atoms with van der Waals surface area (Å²) in [7, 11) is -2.96. The van der Waals surface area contributed by atoms with Crippen LogP contribution in [0, 0.1) is 12.3 Å². The van der Waals surface area contributed by atoms with Crippen LogP contribution in [0.25, 0.3) is 0 Å². The summed E-state index contributed by atoms with van der Waals surface area (Å²) in [5, 5.41) is 3.02. The Morgan fingerprint density at radius 3 is 2.70 bits per heavy atom. The molecule has 3 N–H and O–H groups in total. The first-order chi connectivity index (χ1) is 9.28. The molecule has 0 spiro atoms. The molecule has 5 nitrogen and oxygen atoms in total. The average molecular weight is 295 g/mol. The molecule has 110 valence electrons. The molecule has 20 heavy (non-hydrogen) atoms. The lowest BCUT2D eigenvalue weighted by Crippen LogP contribution is -2.26. The lowest BCUT2D eigenvalue weighted by atomic mass is 10.1. The van der Waals surface area contributed by atoms with Crippen molar-refractivity contribution < 1.29 is 8.42 Å². The number of aliphatic imine (C=N–C) groups is 1. The quantitative estimate of drug-likeness (QED) is 0.637. The van der Waals surface area contributed by atoms with E-state index < -0.39 is 9.84 Å². The van der Waals surface area contributed by atoms with Gasteiger partial charge in [0.1, 0.15) is 9.84 Å². The summed E-state index contributed by atoms with van der Waals surface area (Å²) in [6.07, 6.45) is 3.08. The van der Waals surface area contributed by atoms with Crippen LogP contribution >= 0.6 is 0 Å². The predicted octanol–water partition coefficient (Wildman–Crippen LogP) is 1.55. The Labute approximate surface area is 120 Å². The maximum Gasteiger partial charge on any atom is 0.193 e. The molecule has 1 fully saturated rings. The molecule has 0 unspecified atom stereocenters. The van der Waals surface area contributed by atoms with Crippen molar-refractivity contribution in [1.29, 1.82) is 0 Å². The van der Waals surface area contributed by atoms with Gasteiger partial charge in [-0.15, -0.1) is 0 Å². The maximum atomic E-state index is 11.4. The van der Waals surface area contributed by atoms with E-state index in [0.717, 1.165) is 24.1 Å². The normalized spacial score (nSPS) is 17.8. The van der Waals surface area contributed by atoms with E-state index in [2.05, 4.69) is 10.3 Å². The first-order valence-electron chi connectivity index (χ1n) is 6.59. The molecule has 1 aliphatic carbocycles. The third-order valence-corrected chi connectivity index (χ3v) is 4.54. The third kappa shape index (κ3) is 4.52. The number of sulfone groups is 1. The Hall–Kier alpha value is -1.56. The molecule has 2 rings (SSSR count). The van der Waals surface area contributed by atoms with Crippen LogP contribution in [0.2, 0.25) is 0 Å². The number of nitrogens with one attached hydrogen (secondary N) is 1. The second-order valence-corrected chi connectivity index (χ2v) is 7.91. The fourth-order valence-electron chi connectivity index (χ4n) is 2.24. The summed E-state index contributed by atoms with van der Waals surface area (Å²) in [4.78, 5) is 4.29. The summed E-state index contributed by atoms with van der Waals surface area (Å²) < 4.78 is 22.7. The van der Waals surface area contributed by atoms with Gasteiger partial charge in [0.15, 0.2) is 5.96 Å². The molecule has 0 amide bonds. The monoisotopic (exact) mass is 295 g/mol. The summed E-state index contributed by atoms with van der Waals surface area (Å²) in [6.45, 7) is 2.47. The van der Waals surface area contributed by atoms with Crippen LogP contribution in [-0.4, -0.2) is 32.9 Å². The topological polar surface area (TPSA) is 84.5 Å². The van der Waals surface area contributed by atoms with Crippen molar-refractivity contribution in [3.8, 4) is 0 Å². The highest BCUT2D eigenvalue weighted by Gasteiger charge is 2.45. The Bertz CT molecular complexity index is 619. The highest BCUT2D eigenvalue weighted by molar-refractivity contribution is 7.90. The van der Waals surface area contributed by atoms with Crippen LogP contribution < -0.4 is 11.1 Å². The number of nitrogens with zero attached hydrogens (tertiary/aromatic N) is 1. The molecule has 0 aromatic heterocycles. The van der Waals surface area contributed by atoms with Gasteiger partial charge >= 0.3 is 0 Å². The van der Waals surface area contributed by atoms with Gasteiger partial charge in [0, 0.05) is 23.9 Å². The van der Waals surface area contributed by atoms with E-state index in [9.17, 15) is 8.42 Å². The maximum absolute atomic E-state index is 11.4. The van der Waals surface area contributed by atoms with E-state index in [0.29, 0.717) is 12.5 Å². The van der Waals surface area contributed by atoms with E-state index in [-0.39, 0.29) is 11.2 Å². The van der Waals surface area contributed by atoms with Gasteiger partial charge in [0.25, 0.3) is 0 Å². The molecular formula is C14H21N3O2S. The average Bonchev–Trinajstić information content (AvgIpc) is 3.04. The lowest BCUT2D eigenvalue weighted by Gasteiger charge is -2.12. The first-order valence-corrected chi connectivity index (χ1v) is 8.65. The minimum atomic E-state index is -2.96. The van der Waals surface area contributed by atoms with E-state index in [4.69, 9.17) is 5.73 Å². The summed E-state index contributed by atoms with van der Waals surface area (Å²) in [6, 6.07) is 7.84.